The molecule has 0 radical (unpaired) electrons. The lowest BCUT2D eigenvalue weighted by Crippen LogP contribution is -2.14. The smallest absolute Gasteiger partial charge is 0.339 e. The summed E-state index contributed by atoms with van der Waals surface area (Å²) in [4.78, 5) is 24.4. The Labute approximate surface area is 116 Å². The quantitative estimate of drug-likeness (QED) is 0.691. The van der Waals surface area contributed by atoms with E-state index < -0.39 is 11.9 Å². The molecule has 0 saturated heterocycles. The van der Waals surface area contributed by atoms with Gasteiger partial charge in [-0.1, -0.05) is 37.3 Å². The predicted octanol–water partition coefficient (Wildman–Crippen LogP) is 2.80. The van der Waals surface area contributed by atoms with Crippen LogP contribution in [-0.4, -0.2) is 25.2 Å². The Bertz CT molecular complexity index is 690. The average molecular weight is 270 g/mol. The van der Waals surface area contributed by atoms with Crippen LogP contribution in [0, 0.1) is 5.92 Å². The highest BCUT2D eigenvalue weighted by Crippen LogP contribution is 2.25. The van der Waals surface area contributed by atoms with Crippen LogP contribution >= 0.6 is 0 Å². The number of carbonyl (C=O) groups is 2. The number of ether oxygens (including phenoxy) is 2. The molecule has 2 aromatic rings. The fourth-order valence-corrected chi connectivity index (χ4v) is 2.30. The van der Waals surface area contributed by atoms with Crippen molar-refractivity contribution in [3.8, 4) is 0 Å². The molecule has 20 heavy (non-hydrogen) atoms. The molecular formula is C16H14O4. The lowest BCUT2D eigenvalue weighted by atomic mass is 9.99. The van der Waals surface area contributed by atoms with Crippen molar-refractivity contribution in [2.75, 3.05) is 13.2 Å². The van der Waals surface area contributed by atoms with Gasteiger partial charge >= 0.3 is 11.9 Å². The molecule has 4 heteroatoms. The lowest BCUT2D eigenvalue weighted by molar-refractivity contribution is 0.0322. The maximum atomic E-state index is 12.3. The SMILES string of the molecule is CC1COC(=O)c2ccc3ccccc3c2C(=O)OC1. The van der Waals surface area contributed by atoms with Crippen LogP contribution in [0.4, 0.5) is 0 Å². The highest BCUT2D eigenvalue weighted by atomic mass is 16.5. The molecule has 0 N–H and O–H groups in total. The molecule has 102 valence electrons. The Morgan fingerprint density at radius 2 is 1.65 bits per heavy atom. The molecule has 0 spiro atoms. The number of rotatable bonds is 0. The third-order valence-corrected chi connectivity index (χ3v) is 3.35. The Balaban J connectivity index is 2.23. The van der Waals surface area contributed by atoms with Crippen LogP contribution in [0.25, 0.3) is 10.8 Å². The summed E-state index contributed by atoms with van der Waals surface area (Å²) in [6.45, 7) is 2.36. The van der Waals surface area contributed by atoms with Crippen molar-refractivity contribution in [3.63, 3.8) is 0 Å². The van der Waals surface area contributed by atoms with Gasteiger partial charge in [0, 0.05) is 5.92 Å². The van der Waals surface area contributed by atoms with Gasteiger partial charge in [0.15, 0.2) is 0 Å². The third-order valence-electron chi connectivity index (χ3n) is 3.35. The molecule has 0 amide bonds. The van der Waals surface area contributed by atoms with Crippen molar-refractivity contribution in [3.05, 3.63) is 47.5 Å². The van der Waals surface area contributed by atoms with Crippen LogP contribution in [0.5, 0.6) is 0 Å². The minimum absolute atomic E-state index is 0.0107. The molecule has 1 aliphatic rings. The molecule has 2 aromatic carbocycles. The number of fused-ring (bicyclic) bond motifs is 3. The summed E-state index contributed by atoms with van der Waals surface area (Å²) in [5.74, 6) is -0.956. The number of esters is 2. The fourth-order valence-electron chi connectivity index (χ4n) is 2.30. The first-order chi connectivity index (χ1) is 9.66. The van der Waals surface area contributed by atoms with Gasteiger partial charge in [0.05, 0.1) is 24.3 Å². The van der Waals surface area contributed by atoms with Crippen LogP contribution < -0.4 is 0 Å². The van der Waals surface area contributed by atoms with Gasteiger partial charge < -0.3 is 9.47 Å². The zero-order valence-corrected chi connectivity index (χ0v) is 11.1. The van der Waals surface area contributed by atoms with Crippen molar-refractivity contribution in [2.24, 2.45) is 5.92 Å². The molecule has 1 heterocycles. The van der Waals surface area contributed by atoms with Gasteiger partial charge in [0.1, 0.15) is 0 Å². The highest BCUT2D eigenvalue weighted by molar-refractivity contribution is 6.12. The first-order valence-corrected chi connectivity index (χ1v) is 6.53. The Morgan fingerprint density at radius 3 is 2.45 bits per heavy atom. The van der Waals surface area contributed by atoms with E-state index in [1.54, 1.807) is 6.07 Å². The first-order valence-electron chi connectivity index (χ1n) is 6.53. The van der Waals surface area contributed by atoms with E-state index in [0.717, 1.165) is 5.39 Å². The van der Waals surface area contributed by atoms with Crippen molar-refractivity contribution in [1.29, 1.82) is 0 Å². The molecule has 3 rings (SSSR count). The summed E-state index contributed by atoms with van der Waals surface area (Å²) >= 11 is 0. The van der Waals surface area contributed by atoms with E-state index in [4.69, 9.17) is 9.47 Å². The van der Waals surface area contributed by atoms with Gasteiger partial charge in [-0.15, -0.1) is 0 Å². The van der Waals surface area contributed by atoms with Crippen LogP contribution in [-0.2, 0) is 9.47 Å². The van der Waals surface area contributed by atoms with Crippen LogP contribution in [0.3, 0.4) is 0 Å². The largest absolute Gasteiger partial charge is 0.462 e. The Morgan fingerprint density at radius 1 is 0.950 bits per heavy atom. The van der Waals surface area contributed by atoms with E-state index in [1.807, 2.05) is 37.3 Å². The normalized spacial score (nSPS) is 19.4. The molecule has 1 aliphatic heterocycles. The summed E-state index contributed by atoms with van der Waals surface area (Å²) in [6, 6.07) is 10.8. The van der Waals surface area contributed by atoms with Gasteiger partial charge in [0.25, 0.3) is 0 Å². The molecule has 0 bridgehead atoms. The zero-order valence-electron chi connectivity index (χ0n) is 11.1. The lowest BCUT2D eigenvalue weighted by Gasteiger charge is -2.09. The van der Waals surface area contributed by atoms with Crippen molar-refractivity contribution < 1.29 is 19.1 Å². The van der Waals surface area contributed by atoms with Crippen molar-refractivity contribution >= 4 is 22.7 Å². The monoisotopic (exact) mass is 270 g/mol. The summed E-state index contributed by atoms with van der Waals surface area (Å²) in [5, 5.41) is 1.60. The van der Waals surface area contributed by atoms with Crippen molar-refractivity contribution in [1.82, 2.24) is 0 Å². The van der Waals surface area contributed by atoms with E-state index in [1.165, 1.54) is 0 Å². The molecule has 4 nitrogen and oxygen atoms in total. The predicted molar refractivity (Wildman–Crippen MR) is 73.7 cm³/mol. The number of hydrogen-bond acceptors (Lipinski definition) is 4. The van der Waals surface area contributed by atoms with Gasteiger partial charge in [-0.05, 0) is 16.8 Å². The Hall–Kier alpha value is -2.36. The van der Waals surface area contributed by atoms with E-state index in [2.05, 4.69) is 0 Å². The molecule has 0 saturated carbocycles. The molecular weight excluding hydrogens is 256 g/mol. The van der Waals surface area contributed by atoms with Crippen LogP contribution in [0.15, 0.2) is 36.4 Å². The minimum Gasteiger partial charge on any atom is -0.462 e. The van der Waals surface area contributed by atoms with Crippen LogP contribution in [0.2, 0.25) is 0 Å². The van der Waals surface area contributed by atoms with E-state index in [9.17, 15) is 9.59 Å². The van der Waals surface area contributed by atoms with E-state index in [-0.39, 0.29) is 24.7 Å². The number of hydrogen-bond donors (Lipinski definition) is 0. The van der Waals surface area contributed by atoms with Gasteiger partial charge in [0.2, 0.25) is 0 Å². The Kier molecular flexibility index (Phi) is 3.14. The summed E-state index contributed by atoms with van der Waals surface area (Å²) in [7, 11) is 0. The number of benzene rings is 2. The molecule has 1 unspecified atom stereocenters. The fraction of sp³-hybridized carbons (Fsp3) is 0.250. The maximum Gasteiger partial charge on any atom is 0.339 e. The van der Waals surface area contributed by atoms with Gasteiger partial charge in [-0.25, -0.2) is 9.59 Å². The summed E-state index contributed by atoms with van der Waals surface area (Å²) < 4.78 is 10.5. The van der Waals surface area contributed by atoms with E-state index >= 15 is 0 Å². The highest BCUT2D eigenvalue weighted by Gasteiger charge is 2.25. The van der Waals surface area contributed by atoms with E-state index in [0.29, 0.717) is 10.9 Å². The molecule has 1 atom stereocenters. The summed E-state index contributed by atoms with van der Waals surface area (Å²) in [6.07, 6.45) is 0. The average Bonchev–Trinajstić information content (AvgIpc) is 2.53. The second kappa shape index (κ2) is 4.96. The summed E-state index contributed by atoms with van der Waals surface area (Å²) in [5.41, 5.74) is 0.560. The number of carbonyl (C=O) groups excluding carboxylic acids is 2. The number of cyclic esters (lactones) is 2. The van der Waals surface area contributed by atoms with Gasteiger partial charge in [-0.2, -0.15) is 0 Å². The molecule has 0 aliphatic carbocycles. The maximum absolute atomic E-state index is 12.3. The topological polar surface area (TPSA) is 52.6 Å². The van der Waals surface area contributed by atoms with Gasteiger partial charge in [-0.3, -0.25) is 0 Å². The molecule has 0 fully saturated rings. The minimum atomic E-state index is -0.476. The third kappa shape index (κ3) is 2.13. The molecule has 0 aromatic heterocycles. The van der Waals surface area contributed by atoms with Crippen LogP contribution in [0.1, 0.15) is 27.6 Å². The zero-order chi connectivity index (χ0) is 14.1. The second-order valence-electron chi connectivity index (χ2n) is 5.01. The first kappa shape index (κ1) is 12.7. The second-order valence-corrected chi connectivity index (χ2v) is 5.01. The standard InChI is InChI=1S/C16H14O4/c1-10-8-19-15(17)13-7-6-11-4-2-3-5-12(11)14(13)16(18)20-9-10/h2-7,10H,8-9H2,1H3. The van der Waals surface area contributed by atoms with Crippen molar-refractivity contribution in [2.45, 2.75) is 6.92 Å².